The number of rotatable bonds is 9. The minimum atomic E-state index is -0.639. The molecule has 21 heavy (non-hydrogen) atoms. The van der Waals surface area contributed by atoms with Crippen LogP contribution in [0.3, 0.4) is 0 Å². The first kappa shape index (κ1) is 16.4. The predicted octanol–water partition coefficient (Wildman–Crippen LogP) is -1.52. The number of primary amides is 2. The highest BCUT2D eigenvalue weighted by molar-refractivity contribution is 5.84. The Labute approximate surface area is 121 Å². The zero-order valence-corrected chi connectivity index (χ0v) is 12.0. The lowest BCUT2D eigenvalue weighted by Crippen LogP contribution is -2.40. The molecule has 0 aromatic carbocycles. The van der Waals surface area contributed by atoms with Gasteiger partial charge in [-0.1, -0.05) is 0 Å². The van der Waals surface area contributed by atoms with Gasteiger partial charge in [0.05, 0.1) is 6.61 Å². The second-order valence-electron chi connectivity index (χ2n) is 3.99. The molecule has 0 saturated carbocycles. The lowest BCUT2D eigenvalue weighted by molar-refractivity contribution is -0.117. The standard InChI is InChI=1S/C11H19N7O3/c1-3-14-9-15-10(17-11(16-9)21-4-2)18(5-7(12)19)6-8(13)20/h3-6H2,1-2H3,(H2,12,19)(H2,13,20)(H,14,15,16,17). The molecule has 10 nitrogen and oxygen atoms in total. The summed E-state index contributed by atoms with van der Waals surface area (Å²) in [5.41, 5.74) is 10.3. The molecule has 0 unspecified atom stereocenters. The van der Waals surface area contributed by atoms with Gasteiger partial charge in [-0.2, -0.15) is 15.0 Å². The fourth-order valence-electron chi connectivity index (χ4n) is 1.49. The Morgan fingerprint density at radius 1 is 1.14 bits per heavy atom. The Morgan fingerprint density at radius 2 is 1.76 bits per heavy atom. The largest absolute Gasteiger partial charge is 0.464 e. The lowest BCUT2D eigenvalue weighted by atomic mass is 10.4. The smallest absolute Gasteiger partial charge is 0.323 e. The zero-order valence-electron chi connectivity index (χ0n) is 12.0. The van der Waals surface area contributed by atoms with Crippen LogP contribution in [0.4, 0.5) is 11.9 Å². The van der Waals surface area contributed by atoms with E-state index < -0.39 is 11.8 Å². The number of amides is 2. The van der Waals surface area contributed by atoms with Crippen molar-refractivity contribution in [1.29, 1.82) is 0 Å². The van der Waals surface area contributed by atoms with Crippen LogP contribution in [0.15, 0.2) is 0 Å². The second-order valence-corrected chi connectivity index (χ2v) is 3.99. The van der Waals surface area contributed by atoms with Gasteiger partial charge in [0.15, 0.2) is 0 Å². The molecule has 0 aliphatic heterocycles. The Bertz CT molecular complexity index is 468. The highest BCUT2D eigenvalue weighted by Gasteiger charge is 2.18. The van der Waals surface area contributed by atoms with Crippen LogP contribution in [0.1, 0.15) is 13.8 Å². The Balaban J connectivity index is 3.13. The summed E-state index contributed by atoms with van der Waals surface area (Å²) in [4.78, 5) is 35.6. The number of anilines is 2. The maximum absolute atomic E-state index is 11.1. The maximum Gasteiger partial charge on any atom is 0.323 e. The zero-order chi connectivity index (χ0) is 15.8. The number of nitrogens with zero attached hydrogens (tertiary/aromatic N) is 4. The Kier molecular flexibility index (Phi) is 6.11. The van der Waals surface area contributed by atoms with Crippen molar-refractivity contribution in [2.75, 3.05) is 36.5 Å². The third kappa shape index (κ3) is 5.47. The third-order valence-corrected chi connectivity index (χ3v) is 2.19. The summed E-state index contributed by atoms with van der Waals surface area (Å²) >= 11 is 0. The summed E-state index contributed by atoms with van der Waals surface area (Å²) in [6, 6.07) is 0.0809. The van der Waals surface area contributed by atoms with E-state index in [2.05, 4.69) is 20.3 Å². The number of hydrogen-bond donors (Lipinski definition) is 3. The Hall–Kier alpha value is -2.65. The molecule has 1 aromatic rings. The van der Waals surface area contributed by atoms with Gasteiger partial charge in [-0.15, -0.1) is 0 Å². The molecular formula is C11H19N7O3. The molecule has 0 atom stereocenters. The van der Waals surface area contributed by atoms with Gasteiger partial charge in [0.25, 0.3) is 0 Å². The highest BCUT2D eigenvalue weighted by atomic mass is 16.5. The Morgan fingerprint density at radius 3 is 2.24 bits per heavy atom. The number of nitrogens with one attached hydrogen (secondary N) is 1. The molecule has 10 heteroatoms. The average molecular weight is 297 g/mol. The van der Waals surface area contributed by atoms with Crippen molar-refractivity contribution in [3.8, 4) is 6.01 Å². The number of nitrogens with two attached hydrogens (primary N) is 2. The van der Waals surface area contributed by atoms with Crippen molar-refractivity contribution in [2.24, 2.45) is 11.5 Å². The van der Waals surface area contributed by atoms with Crippen LogP contribution in [-0.2, 0) is 9.59 Å². The SMILES string of the molecule is CCNc1nc(OCC)nc(N(CC(N)=O)CC(N)=O)n1. The molecule has 2 amide bonds. The van der Waals surface area contributed by atoms with Crippen molar-refractivity contribution in [1.82, 2.24) is 15.0 Å². The molecule has 0 aliphatic rings. The summed E-state index contributed by atoms with van der Waals surface area (Å²) < 4.78 is 5.23. The van der Waals surface area contributed by atoms with Crippen molar-refractivity contribution in [3.63, 3.8) is 0 Å². The van der Waals surface area contributed by atoms with E-state index in [1.807, 2.05) is 6.92 Å². The molecule has 116 valence electrons. The van der Waals surface area contributed by atoms with E-state index in [9.17, 15) is 9.59 Å². The molecule has 1 heterocycles. The maximum atomic E-state index is 11.1. The first-order valence-electron chi connectivity index (χ1n) is 6.40. The van der Waals surface area contributed by atoms with Gasteiger partial charge in [-0.05, 0) is 13.8 Å². The minimum Gasteiger partial charge on any atom is -0.464 e. The first-order chi connectivity index (χ1) is 9.96. The monoisotopic (exact) mass is 297 g/mol. The summed E-state index contributed by atoms with van der Waals surface area (Å²) in [5, 5.41) is 2.91. The molecule has 1 rings (SSSR count). The van der Waals surface area contributed by atoms with Crippen molar-refractivity contribution >= 4 is 23.7 Å². The topological polar surface area (TPSA) is 149 Å². The number of hydrogen-bond acceptors (Lipinski definition) is 8. The van der Waals surface area contributed by atoms with E-state index in [0.29, 0.717) is 13.2 Å². The fourth-order valence-corrected chi connectivity index (χ4v) is 1.49. The van der Waals surface area contributed by atoms with Gasteiger partial charge < -0.3 is 26.4 Å². The summed E-state index contributed by atoms with van der Waals surface area (Å²) in [5.74, 6) is -0.925. The molecule has 0 fully saturated rings. The fraction of sp³-hybridized carbons (Fsp3) is 0.545. The van der Waals surface area contributed by atoms with E-state index >= 15 is 0 Å². The van der Waals surface area contributed by atoms with Crippen molar-refractivity contribution in [3.05, 3.63) is 0 Å². The highest BCUT2D eigenvalue weighted by Crippen LogP contribution is 2.14. The molecule has 5 N–H and O–H groups in total. The van der Waals surface area contributed by atoms with E-state index in [0.717, 1.165) is 0 Å². The van der Waals surface area contributed by atoms with Crippen molar-refractivity contribution < 1.29 is 14.3 Å². The summed E-state index contributed by atoms with van der Waals surface area (Å²) in [6.45, 7) is 4.10. The van der Waals surface area contributed by atoms with E-state index in [1.54, 1.807) is 6.92 Å². The van der Waals surface area contributed by atoms with Crippen LogP contribution in [0.25, 0.3) is 0 Å². The van der Waals surface area contributed by atoms with Gasteiger partial charge >= 0.3 is 6.01 Å². The van der Waals surface area contributed by atoms with Gasteiger partial charge in [0, 0.05) is 6.54 Å². The van der Waals surface area contributed by atoms with Gasteiger partial charge in [-0.3, -0.25) is 9.59 Å². The van der Waals surface area contributed by atoms with Crippen LogP contribution < -0.4 is 26.4 Å². The average Bonchev–Trinajstić information content (AvgIpc) is 2.37. The predicted molar refractivity (Wildman–Crippen MR) is 75.8 cm³/mol. The molecular weight excluding hydrogens is 278 g/mol. The molecule has 0 saturated heterocycles. The molecule has 1 aromatic heterocycles. The van der Waals surface area contributed by atoms with E-state index in [-0.39, 0.29) is 31.0 Å². The van der Waals surface area contributed by atoms with E-state index in [4.69, 9.17) is 16.2 Å². The minimum absolute atomic E-state index is 0.0809. The molecule has 0 radical (unpaired) electrons. The number of carbonyl (C=O) groups is 2. The number of aromatic nitrogens is 3. The first-order valence-corrected chi connectivity index (χ1v) is 6.40. The van der Waals surface area contributed by atoms with Crippen molar-refractivity contribution in [2.45, 2.75) is 13.8 Å². The quantitative estimate of drug-likeness (QED) is 0.497. The van der Waals surface area contributed by atoms with Gasteiger partial charge in [-0.25, -0.2) is 0 Å². The van der Waals surface area contributed by atoms with Gasteiger partial charge in [0.2, 0.25) is 23.7 Å². The van der Waals surface area contributed by atoms with Crippen LogP contribution >= 0.6 is 0 Å². The molecule has 0 spiro atoms. The number of carbonyl (C=O) groups excluding carboxylic acids is 2. The van der Waals surface area contributed by atoms with Crippen LogP contribution in [0, 0.1) is 0 Å². The molecule has 0 aliphatic carbocycles. The van der Waals surface area contributed by atoms with E-state index in [1.165, 1.54) is 4.90 Å². The lowest BCUT2D eigenvalue weighted by Gasteiger charge is -2.20. The summed E-state index contributed by atoms with van der Waals surface area (Å²) in [6.07, 6.45) is 0. The second kappa shape index (κ2) is 7.82. The number of ether oxygens (including phenoxy) is 1. The third-order valence-electron chi connectivity index (χ3n) is 2.19. The van der Waals surface area contributed by atoms with Crippen LogP contribution in [-0.4, -0.2) is 53.0 Å². The summed E-state index contributed by atoms with van der Waals surface area (Å²) in [7, 11) is 0. The van der Waals surface area contributed by atoms with Gasteiger partial charge in [0.1, 0.15) is 13.1 Å². The van der Waals surface area contributed by atoms with Crippen LogP contribution in [0.5, 0.6) is 6.01 Å². The molecule has 0 bridgehead atoms. The van der Waals surface area contributed by atoms with Crippen LogP contribution in [0.2, 0.25) is 0 Å². The normalized spacial score (nSPS) is 10.0.